The summed E-state index contributed by atoms with van der Waals surface area (Å²) in [6.07, 6.45) is 0.409. The molecule has 3 aromatic rings. The Morgan fingerprint density at radius 2 is 1.77 bits per heavy atom. The summed E-state index contributed by atoms with van der Waals surface area (Å²) in [5, 5.41) is 21.1. The lowest BCUT2D eigenvalue weighted by atomic mass is 9.97. The van der Waals surface area contributed by atoms with Crippen LogP contribution in [-0.4, -0.2) is 33.9 Å². The summed E-state index contributed by atoms with van der Waals surface area (Å²) in [6, 6.07) is 13.6. The standard InChI is InChI=1S/C25H29NO5/c1-15-12-17(13-16(2)22(15)31-25(3,4)24(28)29)10-11-21(27)19-14-18-8-6-7-9-20(18)26-23(19)30-5/h6-9,12-14,21,27H,10-11H2,1-5H3,(H,28,29)/t21-/m1/s1. The van der Waals surface area contributed by atoms with Crippen LogP contribution in [0.1, 0.15) is 48.6 Å². The number of benzene rings is 2. The summed E-state index contributed by atoms with van der Waals surface area (Å²) in [6.45, 7) is 6.86. The fraction of sp³-hybridized carbons (Fsp3) is 0.360. The van der Waals surface area contributed by atoms with E-state index in [1.165, 1.54) is 13.8 Å². The molecule has 0 spiro atoms. The van der Waals surface area contributed by atoms with Gasteiger partial charge in [0.1, 0.15) is 5.75 Å². The molecule has 0 radical (unpaired) electrons. The largest absolute Gasteiger partial charge is 0.481 e. The Morgan fingerprint density at radius 3 is 2.39 bits per heavy atom. The van der Waals surface area contributed by atoms with Crippen molar-refractivity contribution in [1.82, 2.24) is 4.98 Å². The highest BCUT2D eigenvalue weighted by atomic mass is 16.5. The number of carboxylic acid groups (broad SMARTS) is 1. The average molecular weight is 424 g/mol. The maximum absolute atomic E-state index is 11.4. The Morgan fingerprint density at radius 1 is 1.13 bits per heavy atom. The van der Waals surface area contributed by atoms with E-state index in [4.69, 9.17) is 9.47 Å². The molecule has 6 nitrogen and oxygen atoms in total. The minimum Gasteiger partial charge on any atom is -0.481 e. The molecular formula is C25H29NO5. The summed E-state index contributed by atoms with van der Waals surface area (Å²) >= 11 is 0. The number of pyridine rings is 1. The number of carbonyl (C=O) groups is 1. The number of carboxylic acids is 1. The molecule has 0 saturated carbocycles. The molecule has 0 aliphatic heterocycles. The van der Waals surface area contributed by atoms with Gasteiger partial charge in [0.2, 0.25) is 5.88 Å². The second-order valence-corrected chi connectivity index (χ2v) is 8.31. The van der Waals surface area contributed by atoms with E-state index in [1.807, 2.05) is 56.3 Å². The van der Waals surface area contributed by atoms with Crippen LogP contribution in [0, 0.1) is 13.8 Å². The van der Waals surface area contributed by atoms with E-state index < -0.39 is 17.7 Å². The number of hydrogen-bond donors (Lipinski definition) is 2. The van der Waals surface area contributed by atoms with Crippen LogP contribution in [0.4, 0.5) is 0 Å². The SMILES string of the molecule is COc1nc2ccccc2cc1[C@H](O)CCc1cc(C)c(OC(C)(C)C(=O)O)c(C)c1. The van der Waals surface area contributed by atoms with Crippen LogP contribution in [0.25, 0.3) is 10.9 Å². The van der Waals surface area contributed by atoms with E-state index in [0.717, 1.165) is 27.6 Å². The van der Waals surface area contributed by atoms with E-state index in [9.17, 15) is 15.0 Å². The summed E-state index contributed by atoms with van der Waals surface area (Å²) in [4.78, 5) is 15.9. The number of para-hydroxylation sites is 1. The fourth-order valence-electron chi connectivity index (χ4n) is 3.62. The normalized spacial score (nSPS) is 12.6. The number of aromatic nitrogens is 1. The quantitative estimate of drug-likeness (QED) is 0.543. The van der Waals surface area contributed by atoms with Gasteiger partial charge in [0, 0.05) is 10.9 Å². The zero-order valence-electron chi connectivity index (χ0n) is 18.6. The highest BCUT2D eigenvalue weighted by molar-refractivity contribution is 5.80. The highest BCUT2D eigenvalue weighted by Gasteiger charge is 2.30. The summed E-state index contributed by atoms with van der Waals surface area (Å²) in [5.74, 6) is -0.00764. The van der Waals surface area contributed by atoms with Gasteiger partial charge < -0.3 is 19.7 Å². The van der Waals surface area contributed by atoms with Gasteiger partial charge in [0.15, 0.2) is 5.60 Å². The number of aryl methyl sites for hydroxylation is 3. The van der Waals surface area contributed by atoms with Crippen LogP contribution in [0.5, 0.6) is 11.6 Å². The van der Waals surface area contributed by atoms with E-state index in [2.05, 4.69) is 4.98 Å². The molecule has 0 bridgehead atoms. The Bertz CT molecular complexity index is 1080. The third kappa shape index (κ3) is 4.97. The minimum atomic E-state index is -1.31. The van der Waals surface area contributed by atoms with Gasteiger partial charge in [0.25, 0.3) is 0 Å². The molecule has 164 valence electrons. The zero-order valence-corrected chi connectivity index (χ0v) is 18.6. The number of aliphatic carboxylic acids is 1. The molecule has 1 atom stereocenters. The molecule has 0 amide bonds. The van der Waals surface area contributed by atoms with Crippen LogP contribution in [0.15, 0.2) is 42.5 Å². The minimum absolute atomic E-state index is 0.429. The van der Waals surface area contributed by atoms with Crippen LogP contribution >= 0.6 is 0 Å². The zero-order chi connectivity index (χ0) is 22.8. The first-order valence-corrected chi connectivity index (χ1v) is 10.3. The molecule has 0 aliphatic carbocycles. The first kappa shape index (κ1) is 22.6. The van der Waals surface area contributed by atoms with Crippen molar-refractivity contribution in [3.63, 3.8) is 0 Å². The van der Waals surface area contributed by atoms with Crippen LogP contribution in [-0.2, 0) is 11.2 Å². The topological polar surface area (TPSA) is 88.9 Å². The third-order valence-electron chi connectivity index (χ3n) is 5.37. The molecular weight excluding hydrogens is 394 g/mol. The summed E-state index contributed by atoms with van der Waals surface area (Å²) in [7, 11) is 1.55. The molecule has 2 aromatic carbocycles. The molecule has 1 heterocycles. The number of rotatable bonds is 8. The molecule has 3 rings (SSSR count). The van der Waals surface area contributed by atoms with Gasteiger partial charge in [0.05, 0.1) is 18.7 Å². The number of fused-ring (bicyclic) bond motifs is 1. The van der Waals surface area contributed by atoms with Crippen LogP contribution in [0.2, 0.25) is 0 Å². The smallest absolute Gasteiger partial charge is 0.347 e. The lowest BCUT2D eigenvalue weighted by Crippen LogP contribution is -2.38. The lowest BCUT2D eigenvalue weighted by Gasteiger charge is -2.24. The van der Waals surface area contributed by atoms with Crippen LogP contribution < -0.4 is 9.47 Å². The Hall–Kier alpha value is -3.12. The molecule has 31 heavy (non-hydrogen) atoms. The summed E-state index contributed by atoms with van der Waals surface area (Å²) in [5.41, 5.74) is 2.95. The molecule has 2 N–H and O–H groups in total. The van der Waals surface area contributed by atoms with Crippen molar-refractivity contribution >= 4 is 16.9 Å². The van der Waals surface area contributed by atoms with Crippen molar-refractivity contribution in [3.8, 4) is 11.6 Å². The predicted octanol–water partition coefficient (Wildman–Crippen LogP) is 4.77. The summed E-state index contributed by atoms with van der Waals surface area (Å²) < 4.78 is 11.2. The average Bonchev–Trinajstić information content (AvgIpc) is 2.73. The molecule has 6 heteroatoms. The number of hydrogen-bond acceptors (Lipinski definition) is 5. The van der Waals surface area contributed by atoms with E-state index in [-0.39, 0.29) is 0 Å². The number of aliphatic hydroxyl groups is 1. The van der Waals surface area contributed by atoms with E-state index in [1.54, 1.807) is 7.11 Å². The monoisotopic (exact) mass is 423 g/mol. The van der Waals surface area contributed by atoms with Gasteiger partial charge in [-0.2, -0.15) is 0 Å². The molecule has 1 aromatic heterocycles. The van der Waals surface area contributed by atoms with Crippen molar-refractivity contribution in [2.75, 3.05) is 7.11 Å². The number of ether oxygens (including phenoxy) is 2. The van der Waals surface area contributed by atoms with E-state index >= 15 is 0 Å². The van der Waals surface area contributed by atoms with Gasteiger partial charge in [-0.1, -0.05) is 30.3 Å². The van der Waals surface area contributed by atoms with Gasteiger partial charge >= 0.3 is 5.97 Å². The Kier molecular flexibility index (Phi) is 6.51. The van der Waals surface area contributed by atoms with Crippen molar-refractivity contribution in [2.24, 2.45) is 0 Å². The predicted molar refractivity (Wildman–Crippen MR) is 120 cm³/mol. The van der Waals surface area contributed by atoms with Gasteiger partial charge in [-0.3, -0.25) is 0 Å². The van der Waals surface area contributed by atoms with Crippen molar-refractivity contribution in [2.45, 2.75) is 52.2 Å². The second-order valence-electron chi connectivity index (χ2n) is 8.31. The number of aliphatic hydroxyl groups excluding tert-OH is 1. The number of methoxy groups -OCH3 is 1. The first-order valence-electron chi connectivity index (χ1n) is 10.3. The second kappa shape index (κ2) is 8.94. The van der Waals surface area contributed by atoms with Gasteiger partial charge in [-0.05, 0) is 69.4 Å². The van der Waals surface area contributed by atoms with Crippen molar-refractivity contribution < 1.29 is 24.5 Å². The Labute approximate surface area is 182 Å². The highest BCUT2D eigenvalue weighted by Crippen LogP contribution is 2.32. The van der Waals surface area contributed by atoms with Gasteiger partial charge in [-0.15, -0.1) is 0 Å². The third-order valence-corrected chi connectivity index (χ3v) is 5.37. The Balaban J connectivity index is 1.78. The van der Waals surface area contributed by atoms with Crippen molar-refractivity contribution in [3.05, 3.63) is 64.7 Å². The fourth-order valence-corrected chi connectivity index (χ4v) is 3.62. The first-order chi connectivity index (χ1) is 14.6. The number of nitrogens with zero attached hydrogens (tertiary/aromatic N) is 1. The molecule has 0 fully saturated rings. The molecule has 0 unspecified atom stereocenters. The maximum Gasteiger partial charge on any atom is 0.347 e. The van der Waals surface area contributed by atoms with Crippen LogP contribution in [0.3, 0.4) is 0 Å². The van der Waals surface area contributed by atoms with E-state index in [0.29, 0.717) is 30.0 Å². The van der Waals surface area contributed by atoms with Crippen molar-refractivity contribution in [1.29, 1.82) is 0 Å². The molecule has 0 saturated heterocycles. The molecule has 0 aliphatic rings. The lowest BCUT2D eigenvalue weighted by molar-refractivity contribution is -0.152. The van der Waals surface area contributed by atoms with Gasteiger partial charge in [-0.25, -0.2) is 9.78 Å². The maximum atomic E-state index is 11.4.